The van der Waals surface area contributed by atoms with E-state index in [1.165, 1.54) is 11.1 Å². The summed E-state index contributed by atoms with van der Waals surface area (Å²) in [7, 11) is 0. The molecular formula is C19H24ClN5O. The Labute approximate surface area is 158 Å². The summed E-state index contributed by atoms with van der Waals surface area (Å²) in [6, 6.07) is 9.34. The second kappa shape index (κ2) is 7.76. The van der Waals surface area contributed by atoms with E-state index in [4.69, 9.17) is 11.6 Å². The van der Waals surface area contributed by atoms with Gasteiger partial charge in [-0.25, -0.2) is 4.98 Å². The number of aryl methyl sites for hydroxylation is 1. The molecule has 1 amide bonds. The molecule has 1 saturated heterocycles. The van der Waals surface area contributed by atoms with Gasteiger partial charge in [-0.05, 0) is 42.0 Å². The Bertz CT molecular complexity index is 752. The van der Waals surface area contributed by atoms with Crippen LogP contribution in [-0.4, -0.2) is 63.1 Å². The molecule has 1 aliphatic heterocycles. The lowest BCUT2D eigenvalue weighted by Crippen LogP contribution is -2.40. The van der Waals surface area contributed by atoms with E-state index in [-0.39, 0.29) is 11.2 Å². The van der Waals surface area contributed by atoms with Crippen LogP contribution in [-0.2, 0) is 24.1 Å². The summed E-state index contributed by atoms with van der Waals surface area (Å²) >= 11 is 5.70. The third-order valence-corrected chi connectivity index (χ3v) is 5.68. The number of rotatable bonds is 4. The molecule has 2 heterocycles. The van der Waals surface area contributed by atoms with E-state index < -0.39 is 0 Å². The first-order valence-electron chi connectivity index (χ1n) is 9.34. The number of amides is 1. The zero-order valence-electron chi connectivity index (χ0n) is 14.8. The van der Waals surface area contributed by atoms with Crippen molar-refractivity contribution in [1.82, 2.24) is 25.0 Å². The molecule has 1 aliphatic carbocycles. The zero-order chi connectivity index (χ0) is 17.9. The number of benzene rings is 1. The first kappa shape index (κ1) is 17.5. The van der Waals surface area contributed by atoms with E-state index in [1.54, 1.807) is 0 Å². The highest BCUT2D eigenvalue weighted by molar-refractivity contribution is 6.28. The van der Waals surface area contributed by atoms with Gasteiger partial charge in [0.05, 0.1) is 0 Å². The Morgan fingerprint density at radius 1 is 1.15 bits per heavy atom. The summed E-state index contributed by atoms with van der Waals surface area (Å²) in [6.45, 7) is 3.67. The highest BCUT2D eigenvalue weighted by atomic mass is 35.5. The summed E-state index contributed by atoms with van der Waals surface area (Å²) in [6.07, 6.45) is 4.30. The molecule has 1 fully saturated rings. The van der Waals surface area contributed by atoms with Crippen LogP contribution in [0.15, 0.2) is 24.3 Å². The number of carbonyl (C=O) groups is 1. The van der Waals surface area contributed by atoms with Crippen molar-refractivity contribution in [3.05, 3.63) is 46.5 Å². The molecule has 0 saturated carbocycles. The largest absolute Gasteiger partial charge is 0.341 e. The van der Waals surface area contributed by atoms with Crippen LogP contribution in [0, 0.1) is 0 Å². The van der Waals surface area contributed by atoms with Gasteiger partial charge >= 0.3 is 0 Å². The monoisotopic (exact) mass is 373 g/mol. The van der Waals surface area contributed by atoms with Crippen molar-refractivity contribution in [2.24, 2.45) is 0 Å². The molecule has 0 unspecified atom stereocenters. The fourth-order valence-corrected chi connectivity index (χ4v) is 4.26. The molecule has 0 spiro atoms. The standard InChI is InChI=1S/C19H24ClN5O/c20-19-21-17(22-23-19)6-7-18(26)25-9-3-8-24(10-11-25)16-12-14-4-1-2-5-15(14)13-16/h1-2,4-5,16H,3,6-13H2,(H,21,22,23). The van der Waals surface area contributed by atoms with Crippen molar-refractivity contribution < 1.29 is 4.79 Å². The minimum absolute atomic E-state index is 0.189. The van der Waals surface area contributed by atoms with Crippen molar-refractivity contribution in [2.45, 2.75) is 38.1 Å². The second-order valence-electron chi connectivity index (χ2n) is 7.15. The average molecular weight is 374 g/mol. The molecule has 0 atom stereocenters. The molecule has 1 aromatic heterocycles. The smallest absolute Gasteiger partial charge is 0.242 e. The number of carbonyl (C=O) groups excluding carboxylic acids is 1. The third-order valence-electron chi connectivity index (χ3n) is 5.51. The lowest BCUT2D eigenvalue weighted by molar-refractivity contribution is -0.131. The van der Waals surface area contributed by atoms with Crippen LogP contribution >= 0.6 is 11.6 Å². The molecule has 4 rings (SSSR count). The lowest BCUT2D eigenvalue weighted by Gasteiger charge is -2.27. The van der Waals surface area contributed by atoms with E-state index in [1.807, 2.05) is 4.90 Å². The summed E-state index contributed by atoms with van der Waals surface area (Å²) < 4.78 is 0. The molecule has 0 radical (unpaired) electrons. The first-order valence-corrected chi connectivity index (χ1v) is 9.72. The van der Waals surface area contributed by atoms with E-state index in [2.05, 4.69) is 44.3 Å². The average Bonchev–Trinajstić information content (AvgIpc) is 3.18. The number of halogens is 1. The summed E-state index contributed by atoms with van der Waals surface area (Å²) in [5, 5.41) is 6.75. The SMILES string of the molecule is O=C(CCc1nc(Cl)n[nH]1)N1CCCN(C2Cc3ccccc3C2)CC1. The van der Waals surface area contributed by atoms with Crippen molar-refractivity contribution in [1.29, 1.82) is 0 Å². The maximum atomic E-state index is 12.5. The predicted molar refractivity (Wildman–Crippen MR) is 100 cm³/mol. The first-order chi connectivity index (χ1) is 12.7. The Hall–Kier alpha value is -1.92. The minimum Gasteiger partial charge on any atom is -0.341 e. The normalized spacial score (nSPS) is 18.7. The van der Waals surface area contributed by atoms with Gasteiger partial charge in [-0.3, -0.25) is 14.8 Å². The summed E-state index contributed by atoms with van der Waals surface area (Å²) in [5.74, 6) is 0.859. The zero-order valence-corrected chi connectivity index (χ0v) is 15.6. The number of hydrogen-bond acceptors (Lipinski definition) is 4. The molecule has 1 N–H and O–H groups in total. The van der Waals surface area contributed by atoms with E-state index in [0.29, 0.717) is 24.7 Å². The fourth-order valence-electron chi connectivity index (χ4n) is 4.11. The highest BCUT2D eigenvalue weighted by Gasteiger charge is 2.28. The molecule has 6 nitrogen and oxygen atoms in total. The van der Waals surface area contributed by atoms with Gasteiger partial charge in [-0.1, -0.05) is 24.3 Å². The van der Waals surface area contributed by atoms with Gasteiger partial charge in [0.2, 0.25) is 11.2 Å². The Balaban J connectivity index is 1.29. The predicted octanol–water partition coefficient (Wildman–Crippen LogP) is 2.09. The van der Waals surface area contributed by atoms with Gasteiger partial charge in [0.1, 0.15) is 5.82 Å². The van der Waals surface area contributed by atoms with Crippen LogP contribution in [0.25, 0.3) is 0 Å². The molecule has 2 aliphatic rings. The number of nitrogens with one attached hydrogen (secondary N) is 1. The number of fused-ring (bicyclic) bond motifs is 1. The fraction of sp³-hybridized carbons (Fsp3) is 0.526. The van der Waals surface area contributed by atoms with Crippen LogP contribution in [0.3, 0.4) is 0 Å². The molecule has 138 valence electrons. The summed E-state index contributed by atoms with van der Waals surface area (Å²) in [5.41, 5.74) is 2.97. The van der Waals surface area contributed by atoms with E-state index in [0.717, 1.165) is 45.4 Å². The lowest BCUT2D eigenvalue weighted by atomic mass is 10.1. The van der Waals surface area contributed by atoms with Gasteiger partial charge in [-0.15, -0.1) is 5.10 Å². The van der Waals surface area contributed by atoms with Gasteiger partial charge in [0.25, 0.3) is 0 Å². The Kier molecular flexibility index (Phi) is 5.22. The van der Waals surface area contributed by atoms with Gasteiger partial charge in [0.15, 0.2) is 0 Å². The number of hydrogen-bond donors (Lipinski definition) is 1. The topological polar surface area (TPSA) is 65.1 Å². The van der Waals surface area contributed by atoms with Crippen LogP contribution in [0.4, 0.5) is 0 Å². The van der Waals surface area contributed by atoms with Crippen molar-refractivity contribution in [3.63, 3.8) is 0 Å². The Morgan fingerprint density at radius 3 is 2.62 bits per heavy atom. The van der Waals surface area contributed by atoms with Crippen LogP contribution < -0.4 is 0 Å². The van der Waals surface area contributed by atoms with Crippen LogP contribution in [0.5, 0.6) is 0 Å². The Morgan fingerprint density at radius 2 is 1.92 bits per heavy atom. The maximum Gasteiger partial charge on any atom is 0.242 e. The quantitative estimate of drug-likeness (QED) is 0.891. The van der Waals surface area contributed by atoms with E-state index >= 15 is 0 Å². The molecule has 26 heavy (non-hydrogen) atoms. The second-order valence-corrected chi connectivity index (χ2v) is 7.49. The molecular weight excluding hydrogens is 350 g/mol. The van der Waals surface area contributed by atoms with Gasteiger partial charge < -0.3 is 4.90 Å². The number of aromatic amines is 1. The number of nitrogens with zero attached hydrogens (tertiary/aromatic N) is 4. The van der Waals surface area contributed by atoms with Gasteiger partial charge in [-0.2, -0.15) is 0 Å². The summed E-state index contributed by atoms with van der Waals surface area (Å²) in [4.78, 5) is 21.2. The highest BCUT2D eigenvalue weighted by Crippen LogP contribution is 2.26. The van der Waals surface area contributed by atoms with Crippen molar-refractivity contribution >= 4 is 17.5 Å². The van der Waals surface area contributed by atoms with Crippen LogP contribution in [0.2, 0.25) is 5.28 Å². The molecule has 0 bridgehead atoms. The van der Waals surface area contributed by atoms with Crippen LogP contribution in [0.1, 0.15) is 29.8 Å². The van der Waals surface area contributed by atoms with Crippen molar-refractivity contribution in [3.8, 4) is 0 Å². The molecule has 1 aromatic carbocycles. The number of H-pyrrole nitrogens is 1. The van der Waals surface area contributed by atoms with Gasteiger partial charge in [0, 0.05) is 45.1 Å². The number of aromatic nitrogens is 3. The third kappa shape index (κ3) is 3.91. The molecule has 7 heteroatoms. The molecule has 2 aromatic rings. The van der Waals surface area contributed by atoms with E-state index in [9.17, 15) is 4.79 Å². The minimum atomic E-state index is 0.189. The van der Waals surface area contributed by atoms with Crippen molar-refractivity contribution in [2.75, 3.05) is 26.2 Å². The maximum absolute atomic E-state index is 12.5.